The van der Waals surface area contributed by atoms with Crippen LogP contribution in [-0.4, -0.2) is 40.6 Å². The van der Waals surface area contributed by atoms with Gasteiger partial charge >= 0.3 is 0 Å². The number of thiol groups is 1. The van der Waals surface area contributed by atoms with E-state index in [1.165, 1.54) is 0 Å². The van der Waals surface area contributed by atoms with E-state index in [-0.39, 0.29) is 19.1 Å². The number of aliphatic hydroxyl groups is 2. The molecule has 0 saturated carbocycles. The van der Waals surface area contributed by atoms with E-state index < -0.39 is 5.54 Å². The first-order chi connectivity index (χ1) is 5.58. The van der Waals surface area contributed by atoms with Crippen LogP contribution in [0.15, 0.2) is 0 Å². The third kappa shape index (κ3) is 3.94. The standard InChI is InChI=1S/C7H15NO3S/c1-7(4-9,5-10)8-6(11)2-3-12/h9-10,12H,2-5H2,1H3,(H,8,11). The summed E-state index contributed by atoms with van der Waals surface area (Å²) in [7, 11) is 0. The van der Waals surface area contributed by atoms with Crippen molar-refractivity contribution >= 4 is 18.5 Å². The predicted molar refractivity (Wildman–Crippen MR) is 49.2 cm³/mol. The molecule has 3 N–H and O–H groups in total. The Balaban J connectivity index is 3.93. The highest BCUT2D eigenvalue weighted by Gasteiger charge is 2.23. The summed E-state index contributed by atoms with van der Waals surface area (Å²) in [6.07, 6.45) is 0.290. The summed E-state index contributed by atoms with van der Waals surface area (Å²) >= 11 is 3.88. The van der Waals surface area contributed by atoms with Gasteiger partial charge in [0.1, 0.15) is 0 Å². The summed E-state index contributed by atoms with van der Waals surface area (Å²) in [5.41, 5.74) is -0.917. The summed E-state index contributed by atoms with van der Waals surface area (Å²) in [6.45, 7) is 1.02. The quantitative estimate of drug-likeness (QED) is 0.431. The average molecular weight is 193 g/mol. The predicted octanol–water partition coefficient (Wildman–Crippen LogP) is -0.834. The van der Waals surface area contributed by atoms with Crippen molar-refractivity contribution in [3.05, 3.63) is 0 Å². The smallest absolute Gasteiger partial charge is 0.221 e. The van der Waals surface area contributed by atoms with Crippen LogP contribution in [0.2, 0.25) is 0 Å². The Labute approximate surface area is 77.4 Å². The third-order valence-corrected chi connectivity index (χ3v) is 1.70. The maximum Gasteiger partial charge on any atom is 0.221 e. The molecule has 4 nitrogen and oxygen atoms in total. The molecular formula is C7H15NO3S. The highest BCUT2D eigenvalue weighted by atomic mass is 32.1. The van der Waals surface area contributed by atoms with Crippen molar-refractivity contribution in [1.82, 2.24) is 5.32 Å². The van der Waals surface area contributed by atoms with Gasteiger partial charge in [0, 0.05) is 6.42 Å². The molecule has 0 atom stereocenters. The van der Waals surface area contributed by atoms with Crippen LogP contribution in [0.25, 0.3) is 0 Å². The molecule has 72 valence electrons. The van der Waals surface area contributed by atoms with Gasteiger partial charge in [0.15, 0.2) is 0 Å². The molecule has 0 radical (unpaired) electrons. The van der Waals surface area contributed by atoms with Crippen molar-refractivity contribution < 1.29 is 15.0 Å². The molecule has 1 amide bonds. The van der Waals surface area contributed by atoms with Gasteiger partial charge in [-0.25, -0.2) is 0 Å². The SMILES string of the molecule is CC(CO)(CO)NC(=O)CCS. The number of hydrogen-bond donors (Lipinski definition) is 4. The fourth-order valence-corrected chi connectivity index (χ4v) is 0.833. The lowest BCUT2D eigenvalue weighted by Gasteiger charge is -2.25. The number of amides is 1. The molecule has 12 heavy (non-hydrogen) atoms. The molecular weight excluding hydrogens is 178 g/mol. The van der Waals surface area contributed by atoms with E-state index in [0.717, 1.165) is 0 Å². The maximum absolute atomic E-state index is 11.0. The van der Waals surface area contributed by atoms with Gasteiger partial charge in [0.05, 0.1) is 18.8 Å². The van der Waals surface area contributed by atoms with Crippen molar-refractivity contribution in [1.29, 1.82) is 0 Å². The third-order valence-electron chi connectivity index (χ3n) is 1.48. The Morgan fingerprint density at radius 1 is 1.50 bits per heavy atom. The van der Waals surface area contributed by atoms with Crippen LogP contribution >= 0.6 is 12.6 Å². The van der Waals surface area contributed by atoms with Gasteiger partial charge < -0.3 is 15.5 Å². The molecule has 0 aromatic rings. The van der Waals surface area contributed by atoms with Gasteiger partial charge in [-0.05, 0) is 12.7 Å². The lowest BCUT2D eigenvalue weighted by atomic mass is 10.1. The van der Waals surface area contributed by atoms with Crippen LogP contribution in [0.1, 0.15) is 13.3 Å². The fraction of sp³-hybridized carbons (Fsp3) is 0.857. The van der Waals surface area contributed by atoms with Crippen LogP contribution in [0.3, 0.4) is 0 Å². The minimum Gasteiger partial charge on any atom is -0.394 e. The van der Waals surface area contributed by atoms with Crippen LogP contribution in [-0.2, 0) is 4.79 Å². The minimum atomic E-state index is -0.917. The second-order valence-electron chi connectivity index (χ2n) is 2.90. The van der Waals surface area contributed by atoms with Crippen LogP contribution < -0.4 is 5.32 Å². The number of aliphatic hydroxyl groups excluding tert-OH is 2. The van der Waals surface area contributed by atoms with Crippen molar-refractivity contribution in [3.8, 4) is 0 Å². The molecule has 0 aliphatic heterocycles. The van der Waals surface area contributed by atoms with E-state index in [9.17, 15) is 4.79 Å². The molecule has 0 aliphatic rings. The second kappa shape index (κ2) is 5.40. The fourth-order valence-electron chi connectivity index (χ4n) is 0.630. The van der Waals surface area contributed by atoms with Gasteiger partial charge in [-0.1, -0.05) is 0 Å². The summed E-state index contributed by atoms with van der Waals surface area (Å²) < 4.78 is 0. The zero-order valence-corrected chi connectivity index (χ0v) is 7.97. The van der Waals surface area contributed by atoms with E-state index in [1.807, 2.05) is 0 Å². The Morgan fingerprint density at radius 2 is 2.00 bits per heavy atom. The first kappa shape index (κ1) is 11.7. The molecule has 5 heteroatoms. The number of carbonyl (C=O) groups excluding carboxylic acids is 1. The first-order valence-corrected chi connectivity index (χ1v) is 4.35. The summed E-state index contributed by atoms with van der Waals surface area (Å²) in [4.78, 5) is 11.0. The summed E-state index contributed by atoms with van der Waals surface area (Å²) in [5, 5.41) is 20.1. The number of hydrogen-bond acceptors (Lipinski definition) is 4. The second-order valence-corrected chi connectivity index (χ2v) is 3.35. The number of nitrogens with one attached hydrogen (secondary N) is 1. The van der Waals surface area contributed by atoms with E-state index >= 15 is 0 Å². The van der Waals surface area contributed by atoms with E-state index in [1.54, 1.807) is 6.92 Å². The van der Waals surface area contributed by atoms with Crippen LogP contribution in [0.4, 0.5) is 0 Å². The Bertz CT molecular complexity index is 148. The van der Waals surface area contributed by atoms with E-state index in [0.29, 0.717) is 12.2 Å². The molecule has 0 saturated heterocycles. The maximum atomic E-state index is 11.0. The monoisotopic (exact) mass is 193 g/mol. The normalized spacial score (nSPS) is 11.3. The molecule has 0 bridgehead atoms. The molecule has 0 rings (SSSR count). The molecule has 0 fully saturated rings. The van der Waals surface area contributed by atoms with E-state index in [4.69, 9.17) is 10.2 Å². The Kier molecular flexibility index (Phi) is 5.28. The van der Waals surface area contributed by atoms with Gasteiger partial charge in [-0.15, -0.1) is 0 Å². The highest BCUT2D eigenvalue weighted by Crippen LogP contribution is 2.01. The molecule has 0 heterocycles. The van der Waals surface area contributed by atoms with Crippen molar-refractivity contribution in [2.75, 3.05) is 19.0 Å². The van der Waals surface area contributed by atoms with Gasteiger partial charge in [-0.2, -0.15) is 12.6 Å². The van der Waals surface area contributed by atoms with Gasteiger partial charge in [0.25, 0.3) is 0 Å². The van der Waals surface area contributed by atoms with Crippen LogP contribution in [0.5, 0.6) is 0 Å². The molecule has 0 spiro atoms. The highest BCUT2D eigenvalue weighted by molar-refractivity contribution is 7.80. The number of rotatable bonds is 5. The molecule has 0 unspecified atom stereocenters. The zero-order valence-electron chi connectivity index (χ0n) is 7.08. The van der Waals surface area contributed by atoms with Gasteiger partial charge in [-0.3, -0.25) is 4.79 Å². The molecule has 0 aliphatic carbocycles. The molecule has 0 aromatic heterocycles. The number of carbonyl (C=O) groups is 1. The topological polar surface area (TPSA) is 69.6 Å². The minimum absolute atomic E-state index is 0.212. The van der Waals surface area contributed by atoms with Crippen molar-refractivity contribution in [2.45, 2.75) is 18.9 Å². The average Bonchev–Trinajstić information content (AvgIpc) is 2.05. The lowest BCUT2D eigenvalue weighted by Crippen LogP contribution is -2.51. The summed E-state index contributed by atoms with van der Waals surface area (Å²) in [5.74, 6) is 0.245. The van der Waals surface area contributed by atoms with Gasteiger partial charge in [0.2, 0.25) is 5.91 Å². The van der Waals surface area contributed by atoms with Crippen molar-refractivity contribution in [2.24, 2.45) is 0 Å². The summed E-state index contributed by atoms with van der Waals surface area (Å²) in [6, 6.07) is 0. The first-order valence-electron chi connectivity index (χ1n) is 3.71. The Morgan fingerprint density at radius 3 is 2.33 bits per heavy atom. The Hall–Kier alpha value is -0.260. The zero-order chi connectivity index (χ0) is 9.61. The van der Waals surface area contributed by atoms with Crippen molar-refractivity contribution in [3.63, 3.8) is 0 Å². The lowest BCUT2D eigenvalue weighted by molar-refractivity contribution is -0.123. The van der Waals surface area contributed by atoms with E-state index in [2.05, 4.69) is 17.9 Å². The van der Waals surface area contributed by atoms with Crippen LogP contribution in [0, 0.1) is 0 Å². The molecule has 0 aromatic carbocycles. The largest absolute Gasteiger partial charge is 0.394 e.